The molecular weight excluding hydrogens is 348 g/mol. The molecule has 1 atom stereocenters. The van der Waals surface area contributed by atoms with Gasteiger partial charge in [0, 0.05) is 28.7 Å². The van der Waals surface area contributed by atoms with Gasteiger partial charge in [-0.3, -0.25) is 4.79 Å². The van der Waals surface area contributed by atoms with Crippen molar-refractivity contribution in [3.63, 3.8) is 0 Å². The van der Waals surface area contributed by atoms with Gasteiger partial charge < -0.3 is 10.6 Å². The summed E-state index contributed by atoms with van der Waals surface area (Å²) in [5, 5.41) is 6.26. The van der Waals surface area contributed by atoms with Crippen LogP contribution < -0.4 is 10.6 Å². The molecule has 0 saturated carbocycles. The maximum absolute atomic E-state index is 12.6. The maximum atomic E-state index is 12.6. The Morgan fingerprint density at radius 2 is 1.68 bits per heavy atom. The van der Waals surface area contributed by atoms with E-state index in [2.05, 4.69) is 32.7 Å². The summed E-state index contributed by atoms with van der Waals surface area (Å²) in [6.07, 6.45) is 1.83. The van der Waals surface area contributed by atoms with Crippen molar-refractivity contribution in [1.82, 2.24) is 15.3 Å². The molecule has 1 heterocycles. The Labute approximate surface area is 166 Å². The second-order valence-corrected chi connectivity index (χ2v) is 7.08. The summed E-state index contributed by atoms with van der Waals surface area (Å²) in [4.78, 5) is 21.4. The van der Waals surface area contributed by atoms with E-state index in [1.165, 1.54) is 5.56 Å². The topological polar surface area (TPSA) is 66.9 Å². The van der Waals surface area contributed by atoms with E-state index in [-0.39, 0.29) is 11.9 Å². The summed E-state index contributed by atoms with van der Waals surface area (Å²) >= 11 is 0. The van der Waals surface area contributed by atoms with Crippen molar-refractivity contribution in [3.05, 3.63) is 83.2 Å². The molecule has 2 N–H and O–H groups in total. The molecule has 2 aromatic carbocycles. The fraction of sp³-hybridized carbons (Fsp3) is 0.261. The van der Waals surface area contributed by atoms with E-state index in [9.17, 15) is 4.79 Å². The van der Waals surface area contributed by atoms with Gasteiger partial charge in [-0.05, 0) is 63.4 Å². The third kappa shape index (κ3) is 5.64. The van der Waals surface area contributed by atoms with Crippen LogP contribution in [0.3, 0.4) is 0 Å². The lowest BCUT2D eigenvalue weighted by Gasteiger charge is -2.14. The summed E-state index contributed by atoms with van der Waals surface area (Å²) in [5.74, 6) is 0.455. The Bertz CT molecular complexity index is 920. The first-order valence-electron chi connectivity index (χ1n) is 9.54. The number of benzene rings is 2. The highest BCUT2D eigenvalue weighted by atomic mass is 16.1. The normalized spacial score (nSPS) is 11.7. The van der Waals surface area contributed by atoms with Gasteiger partial charge in [-0.25, -0.2) is 9.97 Å². The Balaban J connectivity index is 1.60. The Morgan fingerprint density at radius 1 is 0.964 bits per heavy atom. The van der Waals surface area contributed by atoms with Gasteiger partial charge in [-0.1, -0.05) is 36.4 Å². The minimum atomic E-state index is -0.0782. The van der Waals surface area contributed by atoms with Crippen LogP contribution in [0.15, 0.2) is 60.7 Å². The molecule has 3 aromatic rings. The molecule has 5 nitrogen and oxygen atoms in total. The summed E-state index contributed by atoms with van der Waals surface area (Å²) < 4.78 is 0. The third-order valence-electron chi connectivity index (χ3n) is 4.45. The highest BCUT2D eigenvalue weighted by Crippen LogP contribution is 2.16. The predicted octanol–water partition coefficient (Wildman–Crippen LogP) is 4.59. The molecule has 0 fully saturated rings. The van der Waals surface area contributed by atoms with Crippen LogP contribution in [0.5, 0.6) is 0 Å². The van der Waals surface area contributed by atoms with Crippen molar-refractivity contribution in [2.24, 2.45) is 0 Å². The molecule has 0 aliphatic carbocycles. The zero-order valence-electron chi connectivity index (χ0n) is 16.6. The lowest BCUT2D eigenvalue weighted by molar-refractivity contribution is 0.0938. The predicted molar refractivity (Wildman–Crippen MR) is 113 cm³/mol. The van der Waals surface area contributed by atoms with Crippen LogP contribution in [0.2, 0.25) is 0 Å². The molecule has 0 spiro atoms. The number of nitrogens with zero attached hydrogens (tertiary/aromatic N) is 2. The standard InChI is InChI=1S/C23H26N4O/c1-16(12-13-19-8-5-4-6-9-19)24-22(28)20-10-7-11-21(15-20)27-23-25-17(2)14-18(3)26-23/h4-11,14-16H,12-13H2,1-3H3,(H,24,28)(H,25,26,27)/t16-/m0/s1. The van der Waals surface area contributed by atoms with Crippen molar-refractivity contribution >= 4 is 17.5 Å². The highest BCUT2D eigenvalue weighted by Gasteiger charge is 2.11. The molecule has 144 valence electrons. The number of nitrogens with one attached hydrogen (secondary N) is 2. The van der Waals surface area contributed by atoms with Crippen LogP contribution in [-0.4, -0.2) is 21.9 Å². The van der Waals surface area contributed by atoms with Gasteiger partial charge in [0.15, 0.2) is 0 Å². The second-order valence-electron chi connectivity index (χ2n) is 7.08. The number of aryl methyl sites for hydroxylation is 3. The van der Waals surface area contributed by atoms with Gasteiger partial charge >= 0.3 is 0 Å². The van der Waals surface area contributed by atoms with E-state index >= 15 is 0 Å². The molecule has 1 aromatic heterocycles. The molecule has 3 rings (SSSR count). The quantitative estimate of drug-likeness (QED) is 0.635. The second kappa shape index (κ2) is 9.13. The van der Waals surface area contributed by atoms with E-state index in [1.54, 1.807) is 0 Å². The Kier molecular flexibility index (Phi) is 6.37. The molecular formula is C23H26N4O. The van der Waals surface area contributed by atoms with Crippen LogP contribution in [-0.2, 0) is 6.42 Å². The number of aromatic nitrogens is 2. The smallest absolute Gasteiger partial charge is 0.251 e. The average molecular weight is 374 g/mol. The Morgan fingerprint density at radius 3 is 2.39 bits per heavy atom. The molecule has 0 saturated heterocycles. The van der Waals surface area contributed by atoms with Crippen LogP contribution in [0, 0.1) is 13.8 Å². The minimum absolute atomic E-state index is 0.0782. The molecule has 5 heteroatoms. The lowest BCUT2D eigenvalue weighted by Crippen LogP contribution is -2.32. The molecule has 0 bridgehead atoms. The molecule has 28 heavy (non-hydrogen) atoms. The summed E-state index contributed by atoms with van der Waals surface area (Å²) in [7, 11) is 0. The zero-order valence-corrected chi connectivity index (χ0v) is 16.6. The fourth-order valence-corrected chi connectivity index (χ4v) is 3.06. The SMILES string of the molecule is Cc1cc(C)nc(Nc2cccc(C(=O)N[C@@H](C)CCc3ccccc3)c2)n1. The van der Waals surface area contributed by atoms with Crippen molar-refractivity contribution in [2.75, 3.05) is 5.32 Å². The first-order valence-corrected chi connectivity index (χ1v) is 9.54. The minimum Gasteiger partial charge on any atom is -0.350 e. The number of anilines is 2. The zero-order chi connectivity index (χ0) is 19.9. The van der Waals surface area contributed by atoms with E-state index in [4.69, 9.17) is 0 Å². The third-order valence-corrected chi connectivity index (χ3v) is 4.45. The molecule has 0 unspecified atom stereocenters. The van der Waals surface area contributed by atoms with Crippen molar-refractivity contribution in [3.8, 4) is 0 Å². The van der Waals surface area contributed by atoms with Gasteiger partial charge in [0.25, 0.3) is 5.91 Å². The first kappa shape index (κ1) is 19.5. The number of hydrogen-bond acceptors (Lipinski definition) is 4. The number of carbonyl (C=O) groups is 1. The molecule has 0 aliphatic heterocycles. The van der Waals surface area contributed by atoms with E-state index in [0.29, 0.717) is 11.5 Å². The fourth-order valence-electron chi connectivity index (χ4n) is 3.06. The van der Waals surface area contributed by atoms with E-state index in [0.717, 1.165) is 29.9 Å². The maximum Gasteiger partial charge on any atom is 0.251 e. The van der Waals surface area contributed by atoms with Crippen molar-refractivity contribution in [2.45, 2.75) is 39.7 Å². The molecule has 1 amide bonds. The van der Waals surface area contributed by atoms with Crippen molar-refractivity contribution in [1.29, 1.82) is 0 Å². The lowest BCUT2D eigenvalue weighted by atomic mass is 10.1. The van der Waals surface area contributed by atoms with E-state index in [1.807, 2.05) is 69.3 Å². The van der Waals surface area contributed by atoms with Gasteiger partial charge in [0.2, 0.25) is 5.95 Å². The van der Waals surface area contributed by atoms with E-state index < -0.39 is 0 Å². The first-order chi connectivity index (χ1) is 13.5. The largest absolute Gasteiger partial charge is 0.350 e. The van der Waals surface area contributed by atoms with Gasteiger partial charge in [0.05, 0.1) is 0 Å². The monoisotopic (exact) mass is 374 g/mol. The summed E-state index contributed by atoms with van der Waals surface area (Å²) in [6, 6.07) is 19.7. The van der Waals surface area contributed by atoms with Gasteiger partial charge in [-0.2, -0.15) is 0 Å². The summed E-state index contributed by atoms with van der Waals surface area (Å²) in [6.45, 7) is 5.90. The number of amides is 1. The Hall–Kier alpha value is -3.21. The van der Waals surface area contributed by atoms with Crippen molar-refractivity contribution < 1.29 is 4.79 Å². The van der Waals surface area contributed by atoms with Crippen LogP contribution >= 0.6 is 0 Å². The summed E-state index contributed by atoms with van der Waals surface area (Å²) in [5.41, 5.74) is 4.48. The highest BCUT2D eigenvalue weighted by molar-refractivity contribution is 5.95. The number of carbonyl (C=O) groups excluding carboxylic acids is 1. The van der Waals surface area contributed by atoms with Gasteiger partial charge in [0.1, 0.15) is 0 Å². The van der Waals surface area contributed by atoms with Crippen LogP contribution in [0.1, 0.15) is 40.7 Å². The number of hydrogen-bond donors (Lipinski definition) is 2. The number of rotatable bonds is 7. The van der Waals surface area contributed by atoms with Crippen LogP contribution in [0.4, 0.5) is 11.6 Å². The average Bonchev–Trinajstić information content (AvgIpc) is 2.66. The van der Waals surface area contributed by atoms with Crippen LogP contribution in [0.25, 0.3) is 0 Å². The van der Waals surface area contributed by atoms with Gasteiger partial charge in [-0.15, -0.1) is 0 Å². The molecule has 0 aliphatic rings. The molecule has 0 radical (unpaired) electrons.